The lowest BCUT2D eigenvalue weighted by molar-refractivity contribution is 0.0504. The second-order valence-corrected chi connectivity index (χ2v) is 7.91. The Morgan fingerprint density at radius 3 is 2.30 bits per heavy atom. The summed E-state index contributed by atoms with van der Waals surface area (Å²) in [5.74, 6) is 2.67. The van der Waals surface area contributed by atoms with E-state index >= 15 is 0 Å². The van der Waals surface area contributed by atoms with Crippen LogP contribution in [0.1, 0.15) is 66.7 Å². The minimum atomic E-state index is 0.303. The maximum absolute atomic E-state index is 3.86. The standard InChI is InChI=1S/C18H36N2/c1-6-19-17(16-10-9-14(2)15(3)13-16)18(4,5)20-11-7-8-12-20/h14-17,19H,6-13H2,1-5H3. The Morgan fingerprint density at radius 1 is 1.10 bits per heavy atom. The predicted molar refractivity (Wildman–Crippen MR) is 88.0 cm³/mol. The Hall–Kier alpha value is -0.0800. The summed E-state index contributed by atoms with van der Waals surface area (Å²) < 4.78 is 0. The van der Waals surface area contributed by atoms with Gasteiger partial charge in [-0.1, -0.05) is 27.2 Å². The first-order valence-corrected chi connectivity index (χ1v) is 8.95. The highest BCUT2D eigenvalue weighted by Crippen LogP contribution is 2.39. The number of nitrogens with zero attached hydrogens (tertiary/aromatic N) is 1. The molecule has 2 heteroatoms. The summed E-state index contributed by atoms with van der Waals surface area (Å²) in [5, 5.41) is 3.86. The lowest BCUT2D eigenvalue weighted by atomic mass is 9.69. The Balaban J connectivity index is 2.09. The number of rotatable bonds is 5. The second kappa shape index (κ2) is 6.79. The molecule has 2 nitrogen and oxygen atoms in total. The molecular formula is C18H36N2. The molecule has 0 aromatic rings. The third-order valence-corrected chi connectivity index (χ3v) is 6.22. The highest BCUT2D eigenvalue weighted by atomic mass is 15.2. The Bertz CT molecular complexity index is 294. The molecule has 1 aliphatic carbocycles. The van der Waals surface area contributed by atoms with Gasteiger partial charge in [0.15, 0.2) is 0 Å². The van der Waals surface area contributed by atoms with E-state index < -0.39 is 0 Å². The zero-order valence-electron chi connectivity index (χ0n) is 14.4. The van der Waals surface area contributed by atoms with Gasteiger partial charge in [0, 0.05) is 11.6 Å². The van der Waals surface area contributed by atoms with Gasteiger partial charge in [0.05, 0.1) is 0 Å². The number of hydrogen-bond acceptors (Lipinski definition) is 2. The van der Waals surface area contributed by atoms with Crippen molar-refractivity contribution in [1.82, 2.24) is 10.2 Å². The fraction of sp³-hybridized carbons (Fsp3) is 1.00. The van der Waals surface area contributed by atoms with Crippen LogP contribution in [0, 0.1) is 17.8 Å². The van der Waals surface area contributed by atoms with Crippen LogP contribution in [-0.4, -0.2) is 36.1 Å². The van der Waals surface area contributed by atoms with Gasteiger partial charge in [-0.05, 0) is 76.9 Å². The van der Waals surface area contributed by atoms with Crippen molar-refractivity contribution in [2.75, 3.05) is 19.6 Å². The molecule has 0 amide bonds. The molecular weight excluding hydrogens is 244 g/mol. The van der Waals surface area contributed by atoms with E-state index in [1.165, 1.54) is 45.2 Å². The molecule has 118 valence electrons. The van der Waals surface area contributed by atoms with Crippen LogP contribution in [0.2, 0.25) is 0 Å². The second-order valence-electron chi connectivity index (χ2n) is 7.91. The molecule has 1 N–H and O–H groups in total. The first kappa shape index (κ1) is 16.3. The van der Waals surface area contributed by atoms with Gasteiger partial charge in [0.1, 0.15) is 0 Å². The van der Waals surface area contributed by atoms with E-state index in [0.29, 0.717) is 11.6 Å². The zero-order chi connectivity index (χ0) is 14.8. The third kappa shape index (κ3) is 3.39. The van der Waals surface area contributed by atoms with Crippen LogP contribution in [0.5, 0.6) is 0 Å². The third-order valence-electron chi connectivity index (χ3n) is 6.22. The van der Waals surface area contributed by atoms with Gasteiger partial charge in [-0.3, -0.25) is 4.90 Å². The van der Waals surface area contributed by atoms with Crippen molar-refractivity contribution in [1.29, 1.82) is 0 Å². The van der Waals surface area contributed by atoms with Gasteiger partial charge in [0.25, 0.3) is 0 Å². The first-order chi connectivity index (χ1) is 9.46. The van der Waals surface area contributed by atoms with E-state index in [1.807, 2.05) is 0 Å². The van der Waals surface area contributed by atoms with E-state index in [4.69, 9.17) is 0 Å². The molecule has 0 radical (unpaired) electrons. The molecule has 1 saturated carbocycles. The minimum Gasteiger partial charge on any atom is -0.312 e. The molecule has 0 spiro atoms. The summed E-state index contributed by atoms with van der Waals surface area (Å²) in [6, 6.07) is 0.653. The van der Waals surface area contributed by atoms with Crippen molar-refractivity contribution in [3.05, 3.63) is 0 Å². The monoisotopic (exact) mass is 280 g/mol. The van der Waals surface area contributed by atoms with Gasteiger partial charge >= 0.3 is 0 Å². The van der Waals surface area contributed by atoms with Crippen molar-refractivity contribution in [3.8, 4) is 0 Å². The highest BCUT2D eigenvalue weighted by molar-refractivity contribution is 4.99. The molecule has 2 rings (SSSR count). The van der Waals surface area contributed by atoms with Crippen LogP contribution >= 0.6 is 0 Å². The number of nitrogens with one attached hydrogen (secondary N) is 1. The van der Waals surface area contributed by atoms with E-state index in [0.717, 1.165) is 24.3 Å². The quantitative estimate of drug-likeness (QED) is 0.821. The average molecular weight is 280 g/mol. The van der Waals surface area contributed by atoms with Crippen LogP contribution in [0.3, 0.4) is 0 Å². The summed E-state index contributed by atoms with van der Waals surface area (Å²) in [6.07, 6.45) is 7.03. The summed E-state index contributed by atoms with van der Waals surface area (Å²) in [7, 11) is 0. The van der Waals surface area contributed by atoms with Crippen molar-refractivity contribution < 1.29 is 0 Å². The molecule has 0 aromatic carbocycles. The van der Waals surface area contributed by atoms with Crippen molar-refractivity contribution in [2.45, 2.75) is 78.3 Å². The van der Waals surface area contributed by atoms with Crippen LogP contribution in [0.15, 0.2) is 0 Å². The maximum atomic E-state index is 3.86. The van der Waals surface area contributed by atoms with Gasteiger partial charge in [-0.15, -0.1) is 0 Å². The molecule has 4 unspecified atom stereocenters. The van der Waals surface area contributed by atoms with E-state index in [1.54, 1.807) is 0 Å². The minimum absolute atomic E-state index is 0.303. The molecule has 20 heavy (non-hydrogen) atoms. The maximum Gasteiger partial charge on any atom is 0.0308 e. The molecule has 0 aromatic heterocycles. The van der Waals surface area contributed by atoms with Gasteiger partial charge < -0.3 is 5.32 Å². The zero-order valence-corrected chi connectivity index (χ0v) is 14.4. The molecule has 4 atom stereocenters. The van der Waals surface area contributed by atoms with Crippen LogP contribution in [0.4, 0.5) is 0 Å². The van der Waals surface area contributed by atoms with Crippen LogP contribution < -0.4 is 5.32 Å². The lowest BCUT2D eigenvalue weighted by Crippen LogP contribution is -2.60. The number of likely N-dealkylation sites (tertiary alicyclic amines) is 1. The Labute approximate surface area is 126 Å². The highest BCUT2D eigenvalue weighted by Gasteiger charge is 2.42. The topological polar surface area (TPSA) is 15.3 Å². The van der Waals surface area contributed by atoms with Crippen LogP contribution in [-0.2, 0) is 0 Å². The van der Waals surface area contributed by atoms with Gasteiger partial charge in [-0.25, -0.2) is 0 Å². The van der Waals surface area contributed by atoms with Crippen molar-refractivity contribution in [2.24, 2.45) is 17.8 Å². The average Bonchev–Trinajstić information content (AvgIpc) is 2.94. The Kier molecular flexibility index (Phi) is 5.53. The molecule has 2 aliphatic rings. The van der Waals surface area contributed by atoms with E-state index in [9.17, 15) is 0 Å². The summed E-state index contributed by atoms with van der Waals surface area (Å²) >= 11 is 0. The number of hydrogen-bond donors (Lipinski definition) is 1. The summed E-state index contributed by atoms with van der Waals surface area (Å²) in [4.78, 5) is 2.74. The van der Waals surface area contributed by atoms with E-state index in [-0.39, 0.29) is 0 Å². The largest absolute Gasteiger partial charge is 0.312 e. The SMILES string of the molecule is CCNC(C1CCC(C)C(C)C1)C(C)(C)N1CCCC1. The normalized spacial score (nSPS) is 34.4. The molecule has 1 aliphatic heterocycles. The summed E-state index contributed by atoms with van der Waals surface area (Å²) in [6.45, 7) is 15.8. The van der Waals surface area contributed by atoms with Crippen molar-refractivity contribution >= 4 is 0 Å². The van der Waals surface area contributed by atoms with Crippen LogP contribution in [0.25, 0.3) is 0 Å². The Morgan fingerprint density at radius 2 is 1.75 bits per heavy atom. The molecule has 1 heterocycles. The first-order valence-electron chi connectivity index (χ1n) is 8.95. The van der Waals surface area contributed by atoms with Gasteiger partial charge in [0.2, 0.25) is 0 Å². The fourth-order valence-corrected chi connectivity index (χ4v) is 4.60. The smallest absolute Gasteiger partial charge is 0.0308 e. The molecule has 2 fully saturated rings. The molecule has 0 bridgehead atoms. The summed E-state index contributed by atoms with van der Waals surface area (Å²) in [5.41, 5.74) is 0.303. The van der Waals surface area contributed by atoms with Crippen molar-refractivity contribution in [3.63, 3.8) is 0 Å². The lowest BCUT2D eigenvalue weighted by Gasteiger charge is -2.48. The van der Waals surface area contributed by atoms with E-state index in [2.05, 4.69) is 44.8 Å². The fourth-order valence-electron chi connectivity index (χ4n) is 4.60. The van der Waals surface area contributed by atoms with Gasteiger partial charge in [-0.2, -0.15) is 0 Å². The predicted octanol–water partition coefficient (Wildman–Crippen LogP) is 3.91. The molecule has 1 saturated heterocycles. The number of likely N-dealkylation sites (N-methyl/N-ethyl adjacent to an activating group) is 1.